The minimum Gasteiger partial charge on any atom is -0.356 e. The Morgan fingerprint density at radius 3 is 1.33 bits per heavy atom. The van der Waals surface area contributed by atoms with Gasteiger partial charge in [0.2, 0.25) is 0 Å². The van der Waals surface area contributed by atoms with E-state index in [1.165, 1.54) is 0 Å². The number of hydrogen-bond acceptors (Lipinski definition) is 4. The Balaban J connectivity index is -0.0000000450. The minimum absolute atomic E-state index is 0. The first-order valence-electron chi connectivity index (χ1n) is 0.548. The van der Waals surface area contributed by atoms with Crippen molar-refractivity contribution in [2.24, 2.45) is 0 Å². The van der Waals surface area contributed by atoms with Crippen molar-refractivity contribution in [3.63, 3.8) is 0 Å². The summed E-state index contributed by atoms with van der Waals surface area (Å²) >= 11 is 0. The number of nitrogens with zero attached hydrogens (tertiary/aromatic N) is 1. The van der Waals surface area contributed by atoms with Gasteiger partial charge in [-0.3, -0.25) is 0 Å². The van der Waals surface area contributed by atoms with Crippen LogP contribution in [-0.2, 0) is 20.4 Å². The normalized spacial score (nSPS) is 4.00. The Morgan fingerprint density at radius 2 is 1.33 bits per heavy atom. The molecule has 0 spiro atoms. The van der Waals surface area contributed by atoms with Gasteiger partial charge in [0.1, 0.15) is 0 Å². The van der Waals surface area contributed by atoms with Crippen molar-refractivity contribution < 1.29 is 25.5 Å². The van der Waals surface area contributed by atoms with Gasteiger partial charge in [-0.2, -0.15) is 0 Å². The molecule has 0 fully saturated rings. The van der Waals surface area contributed by atoms with Gasteiger partial charge in [0.25, 0.3) is 0 Å². The molecule has 0 heterocycles. The summed E-state index contributed by atoms with van der Waals surface area (Å²) in [5, 5.41) is 14.8. The average Bonchev–Trinajstić information content (AvgIpc) is 0.811. The summed E-state index contributed by atoms with van der Waals surface area (Å²) in [7, 11) is 0. The Bertz CT molecular complexity index is 31.8. The Morgan fingerprint density at radius 1 is 1.33 bits per heavy atom. The molecule has 40 valence electrons. The van der Waals surface area contributed by atoms with Gasteiger partial charge in [-0.25, -0.2) is 0 Å². The van der Waals surface area contributed by atoms with Gasteiger partial charge in [0.05, 0.1) is 5.09 Å². The smallest absolute Gasteiger partial charge is 0.356 e. The second-order valence-electron chi connectivity index (χ2n) is 0.224. The molecule has 0 rings (SSSR count). The van der Waals surface area contributed by atoms with E-state index in [2.05, 4.69) is 0 Å². The fraction of sp³-hybridized carbons (Fsp3) is 0. The van der Waals surface area contributed by atoms with Crippen LogP contribution in [0.25, 0.3) is 0 Å². The summed E-state index contributed by atoms with van der Waals surface area (Å²) in [4.78, 5) is 8.25. The van der Waals surface area contributed by atoms with Gasteiger partial charge >= 0.3 is 20.4 Å². The summed E-state index contributed by atoms with van der Waals surface area (Å²) in [6, 6.07) is 0. The Hall–Kier alpha value is -0.178. The van der Waals surface area contributed by atoms with Gasteiger partial charge in [0, 0.05) is 0 Å². The largest absolute Gasteiger partial charge is 2.00 e. The van der Waals surface area contributed by atoms with E-state index < -0.39 is 5.09 Å². The van der Waals surface area contributed by atoms with Gasteiger partial charge in [-0.05, 0) is 0 Å². The van der Waals surface area contributed by atoms with Gasteiger partial charge in [-0.1, -0.05) is 0 Å². The molecular weight excluding hydrogens is 182 g/mol. The van der Waals surface area contributed by atoms with Crippen molar-refractivity contribution in [3.05, 3.63) is 15.3 Å². The molecule has 6 heteroatoms. The zero-order chi connectivity index (χ0) is 3.58. The first-order valence-corrected chi connectivity index (χ1v) is 0.548. The van der Waals surface area contributed by atoms with Crippen molar-refractivity contribution >= 4 is 0 Å². The molecule has 5 nitrogen and oxygen atoms in total. The topological polar surface area (TPSA) is 101 Å². The van der Waals surface area contributed by atoms with Crippen molar-refractivity contribution in [2.75, 3.05) is 0 Å². The van der Waals surface area contributed by atoms with E-state index in [4.69, 9.17) is 15.3 Å². The van der Waals surface area contributed by atoms with Gasteiger partial charge < -0.3 is 21.5 Å². The van der Waals surface area contributed by atoms with Crippen molar-refractivity contribution in [3.8, 4) is 0 Å². The molecule has 0 aromatic carbocycles. The maximum absolute atomic E-state index is 8.25. The molecule has 0 aromatic rings. The second kappa shape index (κ2) is 8.84. The van der Waals surface area contributed by atoms with E-state index in [-0.39, 0.29) is 26.6 Å². The molecule has 0 aliphatic heterocycles. The molecule has 0 saturated heterocycles. The first kappa shape index (κ1) is 17.0. The molecule has 6 heavy (non-hydrogen) atoms. The van der Waals surface area contributed by atoms with Crippen LogP contribution in [0.5, 0.6) is 0 Å². The third kappa shape index (κ3) is 965. The third-order valence-electron chi connectivity index (χ3n) is 0. The summed E-state index contributed by atoms with van der Waals surface area (Å²) < 4.78 is 0. The van der Waals surface area contributed by atoms with Crippen molar-refractivity contribution in [1.82, 2.24) is 6.15 Å². The van der Waals surface area contributed by atoms with Crippen LogP contribution in [0.4, 0.5) is 0 Å². The van der Waals surface area contributed by atoms with E-state index in [1.54, 1.807) is 0 Å². The molecule has 0 atom stereocenters. The Kier molecular flexibility index (Phi) is 25.1. The molecule has 0 aliphatic carbocycles. The zero-order valence-corrected chi connectivity index (χ0v) is 4.25. The molecule has 0 amide bonds. The number of rotatable bonds is 0. The summed E-state index contributed by atoms with van der Waals surface area (Å²) in [5.41, 5.74) is 0. The van der Waals surface area contributed by atoms with Crippen LogP contribution >= 0.6 is 0 Å². The minimum atomic E-state index is -1.75. The quantitative estimate of drug-likeness (QED) is 0.324. The maximum Gasteiger partial charge on any atom is 2.00 e. The van der Waals surface area contributed by atoms with Gasteiger partial charge in [-0.15, -0.1) is 0 Å². The summed E-state index contributed by atoms with van der Waals surface area (Å²) in [6.07, 6.45) is 0. The zero-order valence-electron chi connectivity index (χ0n) is 2.70. The second-order valence-corrected chi connectivity index (χ2v) is 0.224. The summed E-state index contributed by atoms with van der Waals surface area (Å²) in [6.45, 7) is 0. The first-order chi connectivity index (χ1) is 1.73. The van der Waals surface area contributed by atoms with Crippen LogP contribution in [0, 0.1) is 15.3 Å². The molecule has 0 saturated carbocycles. The van der Waals surface area contributed by atoms with Crippen LogP contribution in [0.3, 0.4) is 0 Å². The van der Waals surface area contributed by atoms with Crippen molar-refractivity contribution in [2.45, 2.75) is 0 Å². The number of hydrogen-bond donors (Lipinski definition) is 1. The summed E-state index contributed by atoms with van der Waals surface area (Å²) in [5.74, 6) is 0. The Labute approximate surface area is 47.7 Å². The van der Waals surface area contributed by atoms with Crippen molar-refractivity contribution in [1.29, 1.82) is 0 Å². The maximum atomic E-state index is 8.25. The third-order valence-corrected chi connectivity index (χ3v) is 0. The van der Waals surface area contributed by atoms with E-state index in [0.29, 0.717) is 0 Å². The fourth-order valence-corrected chi connectivity index (χ4v) is 0. The van der Waals surface area contributed by atoms with E-state index in [1.807, 2.05) is 0 Å². The monoisotopic (exact) mass is 185 g/mol. The van der Waals surface area contributed by atoms with Crippen LogP contribution in [0.1, 0.15) is 0 Å². The van der Waals surface area contributed by atoms with E-state index in [9.17, 15) is 0 Å². The SMILES string of the molecule is N.O=[N+]([O-])[O-].[Pd+2]. The predicted molar refractivity (Wildman–Crippen MR) is 15.4 cm³/mol. The van der Waals surface area contributed by atoms with Crippen LogP contribution in [0.2, 0.25) is 0 Å². The van der Waals surface area contributed by atoms with Gasteiger partial charge in [0.15, 0.2) is 0 Å². The molecule has 3 N–H and O–H groups in total. The van der Waals surface area contributed by atoms with Crippen LogP contribution in [-0.4, -0.2) is 5.09 Å². The van der Waals surface area contributed by atoms with E-state index >= 15 is 0 Å². The average molecular weight is 185 g/mol. The van der Waals surface area contributed by atoms with E-state index in [0.717, 1.165) is 0 Å². The molecular formula is H3N2O3Pd+. The van der Waals surface area contributed by atoms with Crippen LogP contribution in [0.15, 0.2) is 0 Å². The molecule has 0 bridgehead atoms. The molecule has 0 aliphatic rings. The molecule has 0 radical (unpaired) electrons. The molecule has 0 unspecified atom stereocenters. The molecule has 0 aromatic heterocycles. The predicted octanol–water partition coefficient (Wildman–Crippen LogP) is -0.0796. The fourth-order valence-electron chi connectivity index (χ4n) is 0. The standard InChI is InChI=1S/NO3.H3N.Pd/c2-1(3)4;;/h;1H3;/q-1;;+2. The van der Waals surface area contributed by atoms with Crippen LogP contribution < -0.4 is 6.15 Å².